The molecule has 0 spiro atoms. The quantitative estimate of drug-likeness (QED) is 0.679. The summed E-state index contributed by atoms with van der Waals surface area (Å²) >= 11 is 0. The molecule has 1 heterocycles. The highest BCUT2D eigenvalue weighted by molar-refractivity contribution is 5.88. The number of carbonyl (C=O) groups excluding carboxylic acids is 1. The molecule has 5 heteroatoms. The van der Waals surface area contributed by atoms with Gasteiger partial charge in [0.15, 0.2) is 0 Å². The predicted molar refractivity (Wildman–Crippen MR) is 85.7 cm³/mol. The standard InChI is InChI=1S/C18H16N2O3/c1-22-17-9-7-14(8-10-17)13-23-18(21)15-11-19-20(12-15)16-5-3-2-4-6-16/h2-12H,13H2,1H3. The van der Waals surface area contributed by atoms with Gasteiger partial charge < -0.3 is 9.47 Å². The average Bonchev–Trinajstić information content (AvgIpc) is 3.11. The lowest BCUT2D eigenvalue weighted by atomic mass is 10.2. The molecular weight excluding hydrogens is 292 g/mol. The molecule has 23 heavy (non-hydrogen) atoms. The van der Waals surface area contributed by atoms with E-state index < -0.39 is 5.97 Å². The third-order valence-corrected chi connectivity index (χ3v) is 3.37. The molecular formula is C18H16N2O3. The van der Waals surface area contributed by atoms with Crippen molar-refractivity contribution in [3.63, 3.8) is 0 Å². The van der Waals surface area contributed by atoms with Gasteiger partial charge in [-0.25, -0.2) is 9.48 Å². The van der Waals surface area contributed by atoms with Gasteiger partial charge in [-0.2, -0.15) is 5.10 Å². The molecule has 3 rings (SSSR count). The number of ether oxygens (including phenoxy) is 2. The summed E-state index contributed by atoms with van der Waals surface area (Å²) in [5.41, 5.74) is 2.21. The Hall–Kier alpha value is -3.08. The molecule has 0 radical (unpaired) electrons. The number of nitrogens with zero attached hydrogens (tertiary/aromatic N) is 2. The van der Waals surface area contributed by atoms with E-state index >= 15 is 0 Å². The van der Waals surface area contributed by atoms with Gasteiger partial charge >= 0.3 is 5.97 Å². The second-order valence-electron chi connectivity index (χ2n) is 4.93. The van der Waals surface area contributed by atoms with Gasteiger partial charge in [0.2, 0.25) is 0 Å². The Morgan fingerprint density at radius 1 is 1.09 bits per heavy atom. The largest absolute Gasteiger partial charge is 0.497 e. The molecule has 0 aliphatic heterocycles. The molecule has 3 aromatic rings. The maximum atomic E-state index is 12.1. The van der Waals surface area contributed by atoms with Crippen molar-refractivity contribution >= 4 is 5.97 Å². The molecule has 2 aromatic carbocycles. The van der Waals surface area contributed by atoms with Crippen LogP contribution in [0.2, 0.25) is 0 Å². The fourth-order valence-corrected chi connectivity index (χ4v) is 2.10. The summed E-state index contributed by atoms with van der Waals surface area (Å²) in [6.07, 6.45) is 3.16. The molecule has 0 unspecified atom stereocenters. The Labute approximate surface area is 134 Å². The Balaban J connectivity index is 1.63. The number of methoxy groups -OCH3 is 1. The molecule has 0 aliphatic rings. The van der Waals surface area contributed by atoms with Crippen molar-refractivity contribution in [2.24, 2.45) is 0 Å². The normalized spacial score (nSPS) is 10.3. The highest BCUT2D eigenvalue weighted by atomic mass is 16.5. The SMILES string of the molecule is COc1ccc(COC(=O)c2cnn(-c3ccccc3)c2)cc1. The van der Waals surface area contributed by atoms with Crippen LogP contribution in [0, 0.1) is 0 Å². The minimum Gasteiger partial charge on any atom is -0.497 e. The molecule has 0 saturated heterocycles. The van der Waals surface area contributed by atoms with E-state index in [1.165, 1.54) is 6.20 Å². The van der Waals surface area contributed by atoms with Crippen LogP contribution in [-0.4, -0.2) is 22.9 Å². The van der Waals surface area contributed by atoms with Crippen molar-refractivity contribution in [1.29, 1.82) is 0 Å². The average molecular weight is 308 g/mol. The number of para-hydroxylation sites is 1. The van der Waals surface area contributed by atoms with E-state index in [9.17, 15) is 4.79 Å². The number of carbonyl (C=O) groups is 1. The third kappa shape index (κ3) is 3.58. The van der Waals surface area contributed by atoms with Crippen LogP contribution in [0.3, 0.4) is 0 Å². The lowest BCUT2D eigenvalue weighted by molar-refractivity contribution is 0.0472. The Morgan fingerprint density at radius 2 is 1.83 bits per heavy atom. The summed E-state index contributed by atoms with van der Waals surface area (Å²) in [6, 6.07) is 17.0. The number of hydrogen-bond acceptors (Lipinski definition) is 4. The van der Waals surface area contributed by atoms with Gasteiger partial charge in [0.1, 0.15) is 12.4 Å². The second-order valence-corrected chi connectivity index (χ2v) is 4.93. The lowest BCUT2D eigenvalue weighted by Crippen LogP contribution is -2.04. The zero-order valence-corrected chi connectivity index (χ0v) is 12.7. The fraction of sp³-hybridized carbons (Fsp3) is 0.111. The minimum absolute atomic E-state index is 0.208. The van der Waals surface area contributed by atoms with Gasteiger partial charge in [0.05, 0.1) is 24.6 Å². The zero-order chi connectivity index (χ0) is 16.1. The highest BCUT2D eigenvalue weighted by Gasteiger charge is 2.11. The van der Waals surface area contributed by atoms with E-state index in [4.69, 9.17) is 9.47 Å². The van der Waals surface area contributed by atoms with Crippen molar-refractivity contribution < 1.29 is 14.3 Å². The van der Waals surface area contributed by atoms with Gasteiger partial charge in [-0.1, -0.05) is 30.3 Å². The van der Waals surface area contributed by atoms with Crippen molar-refractivity contribution in [1.82, 2.24) is 9.78 Å². The fourth-order valence-electron chi connectivity index (χ4n) is 2.10. The first-order chi connectivity index (χ1) is 11.3. The van der Waals surface area contributed by atoms with Gasteiger partial charge in [-0.05, 0) is 29.8 Å². The molecule has 116 valence electrons. The van der Waals surface area contributed by atoms with Crippen LogP contribution in [-0.2, 0) is 11.3 Å². The molecule has 0 N–H and O–H groups in total. The smallest absolute Gasteiger partial charge is 0.341 e. The molecule has 0 amide bonds. The summed E-state index contributed by atoms with van der Waals surface area (Å²) in [6.45, 7) is 0.208. The van der Waals surface area contributed by atoms with Gasteiger partial charge in [0, 0.05) is 6.20 Å². The number of esters is 1. The number of hydrogen-bond donors (Lipinski definition) is 0. The van der Waals surface area contributed by atoms with Gasteiger partial charge in [0.25, 0.3) is 0 Å². The Bertz CT molecular complexity index is 780. The monoisotopic (exact) mass is 308 g/mol. The Kier molecular flexibility index (Phi) is 4.38. The highest BCUT2D eigenvalue weighted by Crippen LogP contribution is 2.13. The minimum atomic E-state index is -0.400. The number of rotatable bonds is 5. The first-order valence-electron chi connectivity index (χ1n) is 7.16. The zero-order valence-electron chi connectivity index (χ0n) is 12.7. The second kappa shape index (κ2) is 6.79. The lowest BCUT2D eigenvalue weighted by Gasteiger charge is -2.04. The first kappa shape index (κ1) is 14.8. The summed E-state index contributed by atoms with van der Waals surface area (Å²) < 4.78 is 12.0. The van der Waals surface area contributed by atoms with E-state index in [0.29, 0.717) is 5.56 Å². The molecule has 0 bridgehead atoms. The molecule has 0 atom stereocenters. The van der Waals surface area contributed by atoms with E-state index in [1.807, 2.05) is 54.6 Å². The maximum Gasteiger partial charge on any atom is 0.341 e. The summed E-state index contributed by atoms with van der Waals surface area (Å²) in [7, 11) is 1.61. The van der Waals surface area contributed by atoms with Crippen molar-refractivity contribution in [2.75, 3.05) is 7.11 Å². The summed E-state index contributed by atoms with van der Waals surface area (Å²) in [5.74, 6) is 0.368. The number of benzene rings is 2. The van der Waals surface area contributed by atoms with Gasteiger partial charge in [-0.15, -0.1) is 0 Å². The van der Waals surface area contributed by atoms with Crippen LogP contribution in [0.5, 0.6) is 5.75 Å². The third-order valence-electron chi connectivity index (χ3n) is 3.37. The first-order valence-corrected chi connectivity index (χ1v) is 7.16. The molecule has 0 saturated carbocycles. The van der Waals surface area contributed by atoms with Crippen molar-refractivity contribution in [2.45, 2.75) is 6.61 Å². The van der Waals surface area contributed by atoms with Crippen LogP contribution in [0.1, 0.15) is 15.9 Å². The van der Waals surface area contributed by atoms with E-state index in [-0.39, 0.29) is 6.61 Å². The summed E-state index contributed by atoms with van der Waals surface area (Å²) in [5, 5.41) is 4.18. The predicted octanol–water partition coefficient (Wildman–Crippen LogP) is 3.24. The maximum absolute atomic E-state index is 12.1. The molecule has 0 fully saturated rings. The van der Waals surface area contributed by atoms with Crippen molar-refractivity contribution in [3.8, 4) is 11.4 Å². The van der Waals surface area contributed by atoms with Crippen molar-refractivity contribution in [3.05, 3.63) is 78.1 Å². The van der Waals surface area contributed by atoms with Gasteiger partial charge in [-0.3, -0.25) is 0 Å². The molecule has 5 nitrogen and oxygen atoms in total. The summed E-state index contributed by atoms with van der Waals surface area (Å²) in [4.78, 5) is 12.1. The topological polar surface area (TPSA) is 53.4 Å². The van der Waals surface area contributed by atoms with Crippen LogP contribution in [0.25, 0.3) is 5.69 Å². The Morgan fingerprint density at radius 3 is 2.52 bits per heavy atom. The van der Waals surface area contributed by atoms with Crippen LogP contribution in [0.15, 0.2) is 67.0 Å². The van der Waals surface area contributed by atoms with Crippen LogP contribution < -0.4 is 4.74 Å². The van der Waals surface area contributed by atoms with E-state index in [0.717, 1.165) is 17.0 Å². The van der Waals surface area contributed by atoms with Crippen LogP contribution >= 0.6 is 0 Å². The van der Waals surface area contributed by atoms with E-state index in [1.54, 1.807) is 18.0 Å². The molecule has 0 aliphatic carbocycles. The van der Waals surface area contributed by atoms with E-state index in [2.05, 4.69) is 5.10 Å². The number of aromatic nitrogens is 2. The molecule has 1 aromatic heterocycles. The van der Waals surface area contributed by atoms with Crippen LogP contribution in [0.4, 0.5) is 0 Å².